The van der Waals surface area contributed by atoms with Crippen molar-refractivity contribution in [1.29, 1.82) is 0 Å². The normalized spacial score (nSPS) is 16.6. The van der Waals surface area contributed by atoms with E-state index >= 15 is 0 Å². The Labute approximate surface area is 130 Å². The molecule has 0 bridgehead atoms. The van der Waals surface area contributed by atoms with E-state index < -0.39 is 6.10 Å². The molecule has 1 fully saturated rings. The van der Waals surface area contributed by atoms with Gasteiger partial charge in [-0.1, -0.05) is 11.6 Å². The smallest absolute Gasteiger partial charge is 0.263 e. The largest absolute Gasteiger partial charge is 0.480 e. The van der Waals surface area contributed by atoms with Crippen LogP contribution in [-0.4, -0.2) is 42.5 Å². The van der Waals surface area contributed by atoms with Crippen molar-refractivity contribution in [2.45, 2.75) is 13.0 Å². The molecule has 0 aromatic heterocycles. The van der Waals surface area contributed by atoms with Crippen molar-refractivity contribution < 1.29 is 14.3 Å². The summed E-state index contributed by atoms with van der Waals surface area (Å²) in [5.41, 5.74) is 0. The molecule has 1 aliphatic rings. The highest BCUT2D eigenvalue weighted by molar-refractivity contribution is 9.10. The molecule has 108 valence electrons. The predicted molar refractivity (Wildman–Crippen MR) is 78.8 cm³/mol. The first-order valence-electron chi connectivity index (χ1n) is 6.14. The number of nitrogens with one attached hydrogen (secondary N) is 1. The fourth-order valence-electron chi connectivity index (χ4n) is 1.90. The minimum Gasteiger partial charge on any atom is -0.480 e. The van der Waals surface area contributed by atoms with E-state index in [-0.39, 0.29) is 18.4 Å². The highest BCUT2D eigenvalue weighted by atomic mass is 79.9. The highest BCUT2D eigenvalue weighted by Crippen LogP contribution is 2.28. The Bertz CT molecular complexity index is 538. The molecule has 1 saturated heterocycles. The number of halogens is 2. The van der Waals surface area contributed by atoms with Gasteiger partial charge in [-0.2, -0.15) is 0 Å². The average Bonchev–Trinajstić information content (AvgIpc) is 2.41. The van der Waals surface area contributed by atoms with Crippen LogP contribution in [0.5, 0.6) is 5.75 Å². The third-order valence-electron chi connectivity index (χ3n) is 2.90. The Morgan fingerprint density at radius 1 is 1.55 bits per heavy atom. The number of ether oxygens (including phenoxy) is 1. The molecule has 20 heavy (non-hydrogen) atoms. The summed E-state index contributed by atoms with van der Waals surface area (Å²) >= 11 is 9.18. The predicted octanol–water partition coefficient (Wildman–Crippen LogP) is 1.83. The third-order valence-corrected chi connectivity index (χ3v) is 3.75. The molecule has 1 aromatic rings. The quantitative estimate of drug-likeness (QED) is 0.893. The van der Waals surface area contributed by atoms with Gasteiger partial charge >= 0.3 is 0 Å². The Kier molecular flexibility index (Phi) is 4.88. The van der Waals surface area contributed by atoms with Gasteiger partial charge in [-0.25, -0.2) is 0 Å². The molecule has 0 unspecified atom stereocenters. The zero-order chi connectivity index (χ0) is 14.7. The molecule has 5 nitrogen and oxygen atoms in total. The molecule has 1 N–H and O–H groups in total. The van der Waals surface area contributed by atoms with Gasteiger partial charge in [-0.3, -0.25) is 9.59 Å². The molecule has 2 amide bonds. The first kappa shape index (κ1) is 15.1. The van der Waals surface area contributed by atoms with Crippen LogP contribution in [0.1, 0.15) is 6.92 Å². The van der Waals surface area contributed by atoms with Crippen LogP contribution in [0.2, 0.25) is 5.02 Å². The second-order valence-corrected chi connectivity index (χ2v) is 5.74. The number of piperazine rings is 1. The number of hydrogen-bond donors (Lipinski definition) is 1. The van der Waals surface area contributed by atoms with E-state index in [2.05, 4.69) is 21.2 Å². The van der Waals surface area contributed by atoms with Crippen LogP contribution in [0.3, 0.4) is 0 Å². The van der Waals surface area contributed by atoms with Crippen molar-refractivity contribution in [3.05, 3.63) is 27.7 Å². The number of nitrogens with zero attached hydrogens (tertiary/aromatic N) is 1. The van der Waals surface area contributed by atoms with Gasteiger partial charge in [0.2, 0.25) is 5.91 Å². The number of hydrogen-bond acceptors (Lipinski definition) is 3. The zero-order valence-corrected chi connectivity index (χ0v) is 13.2. The minimum absolute atomic E-state index is 0.0777. The van der Waals surface area contributed by atoms with Gasteiger partial charge in [-0.05, 0) is 41.1 Å². The second-order valence-electron chi connectivity index (χ2n) is 4.44. The van der Waals surface area contributed by atoms with Gasteiger partial charge in [0.05, 0.1) is 11.0 Å². The summed E-state index contributed by atoms with van der Waals surface area (Å²) in [5, 5.41) is 3.25. The standard InChI is InChI=1S/C13H14BrClN2O3/c1-8(13(19)17-5-4-16-12(18)7-17)20-11-3-2-9(15)6-10(11)14/h2-3,6,8H,4-5,7H2,1H3,(H,16,18)/t8-/m0/s1. The second kappa shape index (κ2) is 6.45. The summed E-state index contributed by atoms with van der Waals surface area (Å²) in [5.74, 6) is 0.183. The van der Waals surface area contributed by atoms with Gasteiger partial charge in [-0.15, -0.1) is 0 Å². The fourth-order valence-corrected chi connectivity index (χ4v) is 2.67. The molecule has 7 heteroatoms. The average molecular weight is 362 g/mol. The van der Waals surface area contributed by atoms with Crippen LogP contribution >= 0.6 is 27.5 Å². The molecule has 1 atom stereocenters. The molecule has 1 aliphatic heterocycles. The molecule has 0 aliphatic carbocycles. The highest BCUT2D eigenvalue weighted by Gasteiger charge is 2.26. The third kappa shape index (κ3) is 3.64. The summed E-state index contributed by atoms with van der Waals surface area (Å²) in [6.07, 6.45) is -0.668. The Morgan fingerprint density at radius 3 is 2.95 bits per heavy atom. The monoisotopic (exact) mass is 360 g/mol. The summed E-state index contributed by atoms with van der Waals surface area (Å²) in [6, 6.07) is 5.08. The number of carbonyl (C=O) groups excluding carboxylic acids is 2. The molecule has 2 rings (SSSR count). The lowest BCUT2D eigenvalue weighted by Gasteiger charge is -2.29. The van der Waals surface area contributed by atoms with Crippen LogP contribution in [0.4, 0.5) is 0 Å². The first-order chi connectivity index (χ1) is 9.47. The van der Waals surface area contributed by atoms with Crippen LogP contribution < -0.4 is 10.1 Å². The van der Waals surface area contributed by atoms with Gasteiger partial charge < -0.3 is 15.0 Å². The number of carbonyl (C=O) groups is 2. The van der Waals surface area contributed by atoms with Crippen molar-refractivity contribution in [1.82, 2.24) is 10.2 Å². The van der Waals surface area contributed by atoms with Crippen molar-refractivity contribution in [3.63, 3.8) is 0 Å². The summed E-state index contributed by atoms with van der Waals surface area (Å²) in [4.78, 5) is 25.0. The zero-order valence-electron chi connectivity index (χ0n) is 10.9. The number of amides is 2. The van der Waals surface area contributed by atoms with Crippen molar-refractivity contribution in [2.24, 2.45) is 0 Å². The minimum atomic E-state index is -0.668. The Morgan fingerprint density at radius 2 is 2.30 bits per heavy atom. The van der Waals surface area contributed by atoms with Gasteiger partial charge in [0, 0.05) is 18.1 Å². The van der Waals surface area contributed by atoms with E-state index in [1.165, 1.54) is 4.90 Å². The molecular formula is C13H14BrClN2O3. The van der Waals surface area contributed by atoms with Gasteiger partial charge in [0.25, 0.3) is 5.91 Å². The topological polar surface area (TPSA) is 58.6 Å². The molecule has 0 saturated carbocycles. The Hall–Kier alpha value is -1.27. The lowest BCUT2D eigenvalue weighted by atomic mass is 10.2. The van der Waals surface area contributed by atoms with Crippen LogP contribution in [-0.2, 0) is 9.59 Å². The number of rotatable bonds is 3. The summed E-state index contributed by atoms with van der Waals surface area (Å²) in [7, 11) is 0. The van der Waals surface area contributed by atoms with E-state index in [1.54, 1.807) is 25.1 Å². The first-order valence-corrected chi connectivity index (χ1v) is 7.31. The summed E-state index contributed by atoms with van der Waals surface area (Å²) in [6.45, 7) is 2.71. The summed E-state index contributed by atoms with van der Waals surface area (Å²) < 4.78 is 6.30. The number of benzene rings is 1. The van der Waals surface area contributed by atoms with Gasteiger partial charge in [0.1, 0.15) is 5.75 Å². The molecule has 1 aromatic carbocycles. The van der Waals surface area contributed by atoms with Crippen LogP contribution in [0.15, 0.2) is 22.7 Å². The van der Waals surface area contributed by atoms with Crippen LogP contribution in [0, 0.1) is 0 Å². The van der Waals surface area contributed by atoms with E-state index in [9.17, 15) is 9.59 Å². The van der Waals surface area contributed by atoms with Gasteiger partial charge in [0.15, 0.2) is 6.10 Å². The van der Waals surface area contributed by atoms with Crippen molar-refractivity contribution in [3.8, 4) is 5.75 Å². The van der Waals surface area contributed by atoms with Crippen molar-refractivity contribution >= 4 is 39.3 Å². The fraction of sp³-hybridized carbons (Fsp3) is 0.385. The molecular weight excluding hydrogens is 348 g/mol. The molecule has 1 heterocycles. The lowest BCUT2D eigenvalue weighted by Crippen LogP contribution is -2.53. The van der Waals surface area contributed by atoms with Crippen molar-refractivity contribution in [2.75, 3.05) is 19.6 Å². The maximum absolute atomic E-state index is 12.2. The SMILES string of the molecule is C[C@H](Oc1ccc(Cl)cc1Br)C(=O)N1CCNC(=O)C1. The Balaban J connectivity index is 2.01. The maximum Gasteiger partial charge on any atom is 0.263 e. The van der Waals surface area contributed by atoms with E-state index in [1.807, 2.05) is 0 Å². The lowest BCUT2D eigenvalue weighted by molar-refractivity contribution is -0.143. The van der Waals surface area contributed by atoms with E-state index in [0.717, 1.165) is 0 Å². The maximum atomic E-state index is 12.2. The van der Waals surface area contributed by atoms with E-state index in [0.29, 0.717) is 28.3 Å². The van der Waals surface area contributed by atoms with E-state index in [4.69, 9.17) is 16.3 Å². The molecule has 0 spiro atoms. The molecule has 0 radical (unpaired) electrons. The van der Waals surface area contributed by atoms with Crippen LogP contribution in [0.25, 0.3) is 0 Å².